The van der Waals surface area contributed by atoms with Crippen LogP contribution < -0.4 is 0 Å². The van der Waals surface area contributed by atoms with Gasteiger partial charge in [-0.15, -0.1) is 0 Å². The van der Waals surface area contributed by atoms with Crippen LogP contribution in [0.1, 0.15) is 51.6 Å². The maximum Gasteiger partial charge on any atom is 0.115 e. The van der Waals surface area contributed by atoms with Gasteiger partial charge < -0.3 is 5.11 Å². The minimum absolute atomic E-state index is 0.370. The Labute approximate surface area is 111 Å². The number of phenols is 1. The fourth-order valence-corrected chi connectivity index (χ4v) is 2.80. The van der Waals surface area contributed by atoms with Crippen LogP contribution in [0.5, 0.6) is 5.75 Å². The van der Waals surface area contributed by atoms with E-state index in [2.05, 4.69) is 31.7 Å². The maximum atomic E-state index is 9.56. The van der Waals surface area contributed by atoms with Gasteiger partial charge in [0.25, 0.3) is 0 Å². The highest BCUT2D eigenvalue weighted by atomic mass is 16.3. The molecule has 18 heavy (non-hydrogen) atoms. The number of hydrogen-bond donors (Lipinski definition) is 1. The molecule has 1 unspecified atom stereocenters. The molecule has 0 aliphatic carbocycles. The molecule has 2 rings (SSSR count). The summed E-state index contributed by atoms with van der Waals surface area (Å²) in [5.41, 5.74) is 1.75. The molecule has 1 aromatic rings. The number of rotatable bonds is 3. The number of phenolic OH excluding ortho intramolecular Hbond substituents is 1. The first-order valence-electron chi connectivity index (χ1n) is 7.07. The third-order valence-corrected chi connectivity index (χ3v) is 4.76. The van der Waals surface area contributed by atoms with Gasteiger partial charge in [-0.05, 0) is 56.0 Å². The lowest BCUT2D eigenvalue weighted by atomic mass is 9.78. The van der Waals surface area contributed by atoms with Crippen molar-refractivity contribution in [1.29, 1.82) is 0 Å². The molecule has 0 aromatic heterocycles. The van der Waals surface area contributed by atoms with Crippen LogP contribution in [0.4, 0.5) is 0 Å². The van der Waals surface area contributed by atoms with Crippen molar-refractivity contribution in [2.75, 3.05) is 13.1 Å². The molecular formula is C16H25NO. The third-order valence-electron chi connectivity index (χ3n) is 4.76. The molecule has 2 nitrogen and oxygen atoms in total. The van der Waals surface area contributed by atoms with Crippen molar-refractivity contribution in [1.82, 2.24) is 4.90 Å². The van der Waals surface area contributed by atoms with Gasteiger partial charge in [0, 0.05) is 6.04 Å². The largest absolute Gasteiger partial charge is 0.508 e. The zero-order valence-electron chi connectivity index (χ0n) is 11.8. The van der Waals surface area contributed by atoms with E-state index in [9.17, 15) is 5.11 Å². The molecule has 1 aliphatic rings. The molecule has 1 fully saturated rings. The van der Waals surface area contributed by atoms with E-state index in [1.807, 2.05) is 12.1 Å². The summed E-state index contributed by atoms with van der Waals surface area (Å²) in [5.74, 6) is 0.370. The molecular weight excluding hydrogens is 222 g/mol. The van der Waals surface area contributed by atoms with E-state index in [-0.39, 0.29) is 0 Å². The molecule has 1 heterocycles. The second-order valence-electron chi connectivity index (χ2n) is 5.97. The quantitative estimate of drug-likeness (QED) is 0.873. The van der Waals surface area contributed by atoms with Crippen molar-refractivity contribution < 1.29 is 5.11 Å². The predicted molar refractivity (Wildman–Crippen MR) is 75.7 cm³/mol. The normalized spacial score (nSPS) is 21.7. The molecule has 1 N–H and O–H groups in total. The number of likely N-dealkylation sites (tertiary alicyclic amines) is 1. The minimum atomic E-state index is 0.370. The highest BCUT2D eigenvalue weighted by Crippen LogP contribution is 2.37. The average molecular weight is 247 g/mol. The van der Waals surface area contributed by atoms with Crippen molar-refractivity contribution in [2.45, 2.75) is 46.1 Å². The van der Waals surface area contributed by atoms with Gasteiger partial charge in [0.05, 0.1) is 0 Å². The lowest BCUT2D eigenvalue weighted by Crippen LogP contribution is -2.39. The van der Waals surface area contributed by atoms with Crippen LogP contribution in [-0.2, 0) is 0 Å². The highest BCUT2D eigenvalue weighted by Gasteiger charge is 2.30. The van der Waals surface area contributed by atoms with Gasteiger partial charge in [-0.1, -0.05) is 32.4 Å². The van der Waals surface area contributed by atoms with Crippen LogP contribution in [-0.4, -0.2) is 23.1 Å². The number of aromatic hydroxyl groups is 1. The van der Waals surface area contributed by atoms with Crippen molar-refractivity contribution in [3.63, 3.8) is 0 Å². The number of hydrogen-bond acceptors (Lipinski definition) is 2. The van der Waals surface area contributed by atoms with Gasteiger partial charge in [-0.3, -0.25) is 4.90 Å². The van der Waals surface area contributed by atoms with E-state index >= 15 is 0 Å². The summed E-state index contributed by atoms with van der Waals surface area (Å²) in [4.78, 5) is 2.53. The Kier molecular flexibility index (Phi) is 3.96. The molecule has 1 saturated heterocycles. The number of piperidine rings is 1. The lowest BCUT2D eigenvalue weighted by molar-refractivity contribution is 0.0863. The van der Waals surface area contributed by atoms with Gasteiger partial charge in [-0.25, -0.2) is 0 Å². The van der Waals surface area contributed by atoms with E-state index in [1.54, 1.807) is 6.07 Å². The van der Waals surface area contributed by atoms with Gasteiger partial charge in [0.2, 0.25) is 0 Å². The van der Waals surface area contributed by atoms with Crippen LogP contribution in [0, 0.1) is 5.41 Å². The zero-order chi connectivity index (χ0) is 13.2. The van der Waals surface area contributed by atoms with E-state index in [0.717, 1.165) is 0 Å². The number of nitrogens with zero attached hydrogens (tertiary/aromatic N) is 1. The Morgan fingerprint density at radius 2 is 2.00 bits per heavy atom. The van der Waals surface area contributed by atoms with Crippen LogP contribution in [0.15, 0.2) is 24.3 Å². The molecule has 0 bridgehead atoms. The topological polar surface area (TPSA) is 23.5 Å². The molecule has 0 spiro atoms. The second kappa shape index (κ2) is 5.31. The van der Waals surface area contributed by atoms with Crippen LogP contribution in [0.2, 0.25) is 0 Å². The Balaban J connectivity index is 2.01. The number of benzene rings is 1. The summed E-state index contributed by atoms with van der Waals surface area (Å²) < 4.78 is 0. The zero-order valence-corrected chi connectivity index (χ0v) is 11.8. The Morgan fingerprint density at radius 3 is 2.56 bits per heavy atom. The molecule has 0 radical (unpaired) electrons. The van der Waals surface area contributed by atoms with Gasteiger partial charge in [0.1, 0.15) is 5.75 Å². The van der Waals surface area contributed by atoms with E-state index in [4.69, 9.17) is 0 Å². The van der Waals surface area contributed by atoms with Crippen molar-refractivity contribution in [2.24, 2.45) is 5.41 Å². The fraction of sp³-hybridized carbons (Fsp3) is 0.625. The molecule has 1 aliphatic heterocycles. The average Bonchev–Trinajstić information content (AvgIpc) is 2.39. The Hall–Kier alpha value is -1.02. The van der Waals surface area contributed by atoms with Gasteiger partial charge in [-0.2, -0.15) is 0 Å². The van der Waals surface area contributed by atoms with Gasteiger partial charge >= 0.3 is 0 Å². The van der Waals surface area contributed by atoms with Gasteiger partial charge in [0.15, 0.2) is 0 Å². The van der Waals surface area contributed by atoms with Crippen molar-refractivity contribution in [3.8, 4) is 5.75 Å². The Bertz CT molecular complexity index is 394. The standard InChI is InChI=1S/C16H25NO/c1-4-16(3)8-10-17(11-9-16)13(2)14-6-5-7-15(18)12-14/h5-7,12-13,18H,4,8-11H2,1-3H3. The maximum absolute atomic E-state index is 9.56. The highest BCUT2D eigenvalue weighted by molar-refractivity contribution is 5.29. The molecule has 1 aromatic carbocycles. The smallest absolute Gasteiger partial charge is 0.115 e. The first-order chi connectivity index (χ1) is 8.54. The lowest BCUT2D eigenvalue weighted by Gasteiger charge is -2.41. The molecule has 0 amide bonds. The molecule has 100 valence electrons. The summed E-state index contributed by atoms with van der Waals surface area (Å²) in [5, 5.41) is 9.56. The SMILES string of the molecule is CCC1(C)CCN(C(C)c2cccc(O)c2)CC1. The van der Waals surface area contributed by atoms with E-state index in [1.165, 1.54) is 37.9 Å². The van der Waals surface area contributed by atoms with E-state index < -0.39 is 0 Å². The van der Waals surface area contributed by atoms with E-state index in [0.29, 0.717) is 17.2 Å². The summed E-state index contributed by atoms with van der Waals surface area (Å²) >= 11 is 0. The Morgan fingerprint density at radius 1 is 1.33 bits per heavy atom. The molecule has 2 heteroatoms. The summed E-state index contributed by atoms with van der Waals surface area (Å²) in [7, 11) is 0. The van der Waals surface area contributed by atoms with Crippen molar-refractivity contribution in [3.05, 3.63) is 29.8 Å². The minimum Gasteiger partial charge on any atom is -0.508 e. The second-order valence-corrected chi connectivity index (χ2v) is 5.97. The molecule has 1 atom stereocenters. The van der Waals surface area contributed by atoms with Crippen molar-refractivity contribution >= 4 is 0 Å². The first-order valence-corrected chi connectivity index (χ1v) is 7.07. The fourth-order valence-electron chi connectivity index (χ4n) is 2.80. The third kappa shape index (κ3) is 2.86. The van der Waals surface area contributed by atoms with Crippen LogP contribution >= 0.6 is 0 Å². The summed E-state index contributed by atoms with van der Waals surface area (Å²) in [6.07, 6.45) is 3.85. The monoisotopic (exact) mass is 247 g/mol. The predicted octanol–water partition coefficient (Wildman–Crippen LogP) is 3.97. The first kappa shape index (κ1) is 13.4. The summed E-state index contributed by atoms with van der Waals surface area (Å²) in [6.45, 7) is 9.28. The van der Waals surface area contributed by atoms with Crippen LogP contribution in [0.25, 0.3) is 0 Å². The van der Waals surface area contributed by atoms with Crippen LogP contribution in [0.3, 0.4) is 0 Å². The summed E-state index contributed by atoms with van der Waals surface area (Å²) in [6, 6.07) is 8.07. The molecule has 0 saturated carbocycles.